The Morgan fingerprint density at radius 3 is 0.823 bits per heavy atom. The summed E-state index contributed by atoms with van der Waals surface area (Å²) in [5.41, 5.74) is 12.2. The number of halogens is 1. The summed E-state index contributed by atoms with van der Waals surface area (Å²) in [6.45, 7) is 8.21. The molecule has 14 aromatic rings. The third-order valence-corrected chi connectivity index (χ3v) is 16.9. The van der Waals surface area contributed by atoms with Crippen molar-refractivity contribution in [2.75, 3.05) is 0 Å². The second-order valence-corrected chi connectivity index (χ2v) is 24.4. The molecular weight excluding hydrogens is 1250 g/mol. The van der Waals surface area contributed by atoms with E-state index in [-0.39, 0.29) is 11.2 Å². The first-order valence-corrected chi connectivity index (χ1v) is 32.3. The summed E-state index contributed by atoms with van der Waals surface area (Å²) in [6.07, 6.45) is 3.61. The van der Waals surface area contributed by atoms with Crippen LogP contribution in [0.2, 0.25) is 0 Å². The quantitative estimate of drug-likeness (QED) is 0.0957. The molecule has 10 aromatic carbocycles. The second-order valence-electron chi connectivity index (χ2n) is 23.5. The fraction of sp³-hybridized carbons (Fsp3) is 0.0732. The molecule has 0 N–H and O–H groups in total. The molecule has 466 valence electrons. The molecule has 96 heavy (non-hydrogen) atoms. The Hall–Kier alpha value is -11.4. The first-order valence-electron chi connectivity index (χ1n) is 31.5. The molecule has 0 radical (unpaired) electrons. The van der Waals surface area contributed by atoms with E-state index in [0.29, 0.717) is 40.7 Å². The van der Waals surface area contributed by atoms with Gasteiger partial charge in [-0.25, -0.2) is 29.9 Å². The number of hydrogen-bond acceptors (Lipinski definition) is 12. The number of pyridine rings is 2. The molecule has 0 atom stereocenters. The highest BCUT2D eigenvalue weighted by Crippen LogP contribution is 2.37. The summed E-state index contributed by atoms with van der Waals surface area (Å²) < 4.78 is 25.7. The molecule has 1 fully saturated rings. The highest BCUT2D eigenvalue weighted by molar-refractivity contribution is 9.10. The van der Waals surface area contributed by atoms with Gasteiger partial charge in [0.2, 0.25) is 0 Å². The molecule has 1 aliphatic heterocycles. The van der Waals surface area contributed by atoms with Crippen LogP contribution in [0.3, 0.4) is 0 Å². The van der Waals surface area contributed by atoms with Crippen LogP contribution < -0.4 is 14.9 Å². The molecule has 12 nitrogen and oxygen atoms in total. The largest absolute Gasteiger partial charge is 0.494 e. The Kier molecular flexibility index (Phi) is 19.3. The lowest BCUT2D eigenvalue weighted by Crippen LogP contribution is -2.41. The van der Waals surface area contributed by atoms with Gasteiger partial charge in [-0.2, -0.15) is 0 Å². The molecule has 4 aromatic heterocycles. The number of rotatable bonds is 14. The van der Waals surface area contributed by atoms with Gasteiger partial charge in [-0.05, 0) is 153 Å². The molecule has 1 aliphatic rings. The molecule has 0 spiro atoms. The smallest absolute Gasteiger partial charge is 0.457 e. The minimum Gasteiger partial charge on any atom is -0.457 e. The average molecular weight is 1320 g/mol. The SMILES string of the molecule is Brc1ccc(-c2ccccn2)cc1.CC1(C)OB(c2ccc(Oc3ccc(-c4nc(-c5ccccc5)nc(-c5ccccc5)n4)cc3)cc2)OC1(C)C.c1ccc(-c2nc(-c3ccccc3)nc(-c3ccc(Oc4ccc(-c5ccc(-c6ccccn6)cc5)cc4)cc3)n2)cc1. The van der Waals surface area contributed by atoms with Gasteiger partial charge < -0.3 is 18.8 Å². The topological polar surface area (TPSA) is 140 Å². The predicted molar refractivity (Wildman–Crippen MR) is 387 cm³/mol. The van der Waals surface area contributed by atoms with E-state index in [1.807, 2.05) is 273 Å². The normalized spacial score (nSPS) is 12.7. The first kappa shape index (κ1) is 63.3. The van der Waals surface area contributed by atoms with Crippen LogP contribution in [0.25, 0.3) is 102 Å². The van der Waals surface area contributed by atoms with Crippen LogP contribution in [-0.4, -0.2) is 58.2 Å². The van der Waals surface area contributed by atoms with Gasteiger partial charge >= 0.3 is 7.12 Å². The van der Waals surface area contributed by atoms with E-state index >= 15 is 0 Å². The molecule has 0 unspecified atom stereocenters. The standard InChI is InChI=1S/C38H26N4O.C33H30BN3O3.C11H8BrN/c1-3-9-30(10-4-1)36-40-37(31-11-5-2-6-12-31)42-38(41-36)32-20-24-34(25-21-32)43-33-22-18-28(19-23-33)27-14-16-29(17-15-27)35-13-7-8-26-39-35;1-32(2)33(3,4)40-34(39-32)26-17-21-28(22-18-26)38-27-19-15-25(16-20-27)31-36-29(23-11-7-5-8-12-23)35-30(37-31)24-13-9-6-10-14-24;12-10-6-4-9(5-7-10)11-3-1-2-8-13-11/h1-26H;5-22H,1-4H3;1-8H. The summed E-state index contributed by atoms with van der Waals surface area (Å²) in [7, 11) is -0.403. The van der Waals surface area contributed by atoms with Crippen molar-refractivity contribution in [3.05, 3.63) is 320 Å². The van der Waals surface area contributed by atoms with E-state index in [1.165, 1.54) is 0 Å². The van der Waals surface area contributed by atoms with E-state index in [4.69, 9.17) is 48.7 Å². The van der Waals surface area contributed by atoms with Crippen molar-refractivity contribution in [1.29, 1.82) is 0 Å². The van der Waals surface area contributed by atoms with Gasteiger partial charge in [0.25, 0.3) is 0 Å². The van der Waals surface area contributed by atoms with Crippen LogP contribution >= 0.6 is 15.9 Å². The van der Waals surface area contributed by atoms with Crippen molar-refractivity contribution < 1.29 is 18.8 Å². The van der Waals surface area contributed by atoms with Crippen molar-refractivity contribution in [2.24, 2.45) is 0 Å². The Labute approximate surface area is 567 Å². The van der Waals surface area contributed by atoms with E-state index in [0.717, 1.165) is 94.2 Å². The predicted octanol–water partition coefficient (Wildman–Crippen LogP) is 19.9. The molecule has 0 amide bonds. The van der Waals surface area contributed by atoms with Gasteiger partial charge in [-0.1, -0.05) is 210 Å². The zero-order chi connectivity index (χ0) is 65.7. The van der Waals surface area contributed by atoms with Crippen molar-refractivity contribution >= 4 is 28.5 Å². The Balaban J connectivity index is 0.000000146. The Morgan fingerprint density at radius 2 is 0.521 bits per heavy atom. The van der Waals surface area contributed by atoms with Gasteiger partial charge in [-0.3, -0.25) is 9.97 Å². The van der Waals surface area contributed by atoms with Crippen molar-refractivity contribution in [3.8, 4) is 125 Å². The molecule has 1 saturated heterocycles. The third kappa shape index (κ3) is 15.6. The number of benzene rings is 10. The summed E-state index contributed by atoms with van der Waals surface area (Å²) in [6, 6.07) is 99.8. The van der Waals surface area contributed by atoms with Crippen LogP contribution in [0.4, 0.5) is 0 Å². The Bertz CT molecular complexity index is 4690. The zero-order valence-corrected chi connectivity index (χ0v) is 54.8. The fourth-order valence-electron chi connectivity index (χ4n) is 10.4. The third-order valence-electron chi connectivity index (χ3n) is 16.3. The number of nitrogens with zero attached hydrogens (tertiary/aromatic N) is 8. The average Bonchev–Trinajstić information content (AvgIpc) is 1.57. The van der Waals surface area contributed by atoms with Crippen LogP contribution in [0.5, 0.6) is 23.0 Å². The maximum Gasteiger partial charge on any atom is 0.494 e. The van der Waals surface area contributed by atoms with Crippen LogP contribution in [0.1, 0.15) is 27.7 Å². The highest BCUT2D eigenvalue weighted by Gasteiger charge is 2.51. The first-order chi connectivity index (χ1) is 46.9. The van der Waals surface area contributed by atoms with E-state index in [9.17, 15) is 0 Å². The Morgan fingerprint density at radius 1 is 0.271 bits per heavy atom. The highest BCUT2D eigenvalue weighted by atomic mass is 79.9. The molecule has 5 heterocycles. The van der Waals surface area contributed by atoms with E-state index in [2.05, 4.69) is 90.0 Å². The summed E-state index contributed by atoms with van der Waals surface area (Å²) in [5, 5.41) is 0. The lowest BCUT2D eigenvalue weighted by Gasteiger charge is -2.32. The number of aromatic nitrogens is 8. The molecule has 0 saturated carbocycles. The minimum absolute atomic E-state index is 0.378. The number of hydrogen-bond donors (Lipinski definition) is 0. The van der Waals surface area contributed by atoms with Gasteiger partial charge in [0.1, 0.15) is 23.0 Å². The van der Waals surface area contributed by atoms with E-state index in [1.54, 1.807) is 6.20 Å². The minimum atomic E-state index is -0.403. The van der Waals surface area contributed by atoms with Crippen molar-refractivity contribution in [2.45, 2.75) is 38.9 Å². The van der Waals surface area contributed by atoms with Crippen LogP contribution in [0.15, 0.2) is 320 Å². The van der Waals surface area contributed by atoms with Crippen molar-refractivity contribution in [1.82, 2.24) is 39.9 Å². The molecule has 0 aliphatic carbocycles. The maximum atomic E-state index is 6.16. The molecule has 14 heteroatoms. The van der Waals surface area contributed by atoms with Gasteiger partial charge in [0.05, 0.1) is 22.6 Å². The lowest BCUT2D eigenvalue weighted by atomic mass is 9.79. The van der Waals surface area contributed by atoms with E-state index < -0.39 is 7.12 Å². The molecule has 15 rings (SSSR count). The molecule has 0 bridgehead atoms. The zero-order valence-electron chi connectivity index (χ0n) is 53.2. The van der Waals surface area contributed by atoms with Crippen LogP contribution in [-0.2, 0) is 9.31 Å². The summed E-state index contributed by atoms with van der Waals surface area (Å²) >= 11 is 3.40. The van der Waals surface area contributed by atoms with Crippen LogP contribution in [0, 0.1) is 0 Å². The maximum absolute atomic E-state index is 6.16. The number of ether oxygens (including phenoxy) is 2. The summed E-state index contributed by atoms with van der Waals surface area (Å²) in [5.74, 6) is 6.69. The fourth-order valence-corrected chi connectivity index (χ4v) is 10.7. The van der Waals surface area contributed by atoms with Gasteiger partial charge in [-0.15, -0.1) is 0 Å². The molecular formula is C82H64BBrN8O4. The van der Waals surface area contributed by atoms with Crippen molar-refractivity contribution in [3.63, 3.8) is 0 Å². The summed E-state index contributed by atoms with van der Waals surface area (Å²) in [4.78, 5) is 37.4. The lowest BCUT2D eigenvalue weighted by molar-refractivity contribution is 0.00578. The second kappa shape index (κ2) is 29.3. The monoisotopic (exact) mass is 1310 g/mol. The van der Waals surface area contributed by atoms with Gasteiger partial charge in [0, 0.05) is 61.4 Å². The van der Waals surface area contributed by atoms with Gasteiger partial charge in [0.15, 0.2) is 34.9 Å².